The third kappa shape index (κ3) is 7.94. The zero-order valence-electron chi connectivity index (χ0n) is 18.2. The average Bonchev–Trinajstić information content (AvgIpc) is 2.79. The molecule has 33 heavy (non-hydrogen) atoms. The summed E-state index contributed by atoms with van der Waals surface area (Å²) < 4.78 is 11.0. The van der Waals surface area contributed by atoms with Crippen LogP contribution in [0.3, 0.4) is 0 Å². The van der Waals surface area contributed by atoms with Gasteiger partial charge < -0.3 is 20.1 Å². The van der Waals surface area contributed by atoms with Crippen molar-refractivity contribution in [1.82, 2.24) is 10.6 Å². The Hall–Kier alpha value is -2.77. The van der Waals surface area contributed by atoms with Gasteiger partial charge >= 0.3 is 0 Å². The van der Waals surface area contributed by atoms with Crippen molar-refractivity contribution in [3.05, 3.63) is 58.1 Å². The molecule has 176 valence electrons. The van der Waals surface area contributed by atoms with Gasteiger partial charge in [0, 0.05) is 22.1 Å². The maximum absolute atomic E-state index is 12.3. The summed E-state index contributed by atoms with van der Waals surface area (Å²) in [5, 5.41) is 6.96. The number of benzene rings is 2. The van der Waals surface area contributed by atoms with E-state index in [1.165, 1.54) is 13.0 Å². The van der Waals surface area contributed by atoms with Crippen LogP contribution in [0.2, 0.25) is 10.0 Å². The molecule has 0 heterocycles. The molecule has 3 rings (SSSR count). The molecule has 0 bridgehead atoms. The van der Waals surface area contributed by atoms with Gasteiger partial charge in [0.2, 0.25) is 0 Å². The number of halogens is 2. The van der Waals surface area contributed by atoms with Crippen molar-refractivity contribution in [2.75, 3.05) is 13.2 Å². The highest BCUT2D eigenvalue weighted by Crippen LogP contribution is 2.24. The van der Waals surface area contributed by atoms with E-state index in [0.717, 1.165) is 25.7 Å². The zero-order valence-corrected chi connectivity index (χ0v) is 19.7. The Balaban J connectivity index is 1.36. The van der Waals surface area contributed by atoms with Crippen LogP contribution in [0.25, 0.3) is 0 Å². The van der Waals surface area contributed by atoms with Crippen LogP contribution >= 0.6 is 23.2 Å². The summed E-state index contributed by atoms with van der Waals surface area (Å²) in [6, 6.07) is 11.6. The molecule has 9 heteroatoms. The van der Waals surface area contributed by atoms with E-state index in [2.05, 4.69) is 10.6 Å². The van der Waals surface area contributed by atoms with Gasteiger partial charge in [-0.15, -0.1) is 0 Å². The fourth-order valence-corrected chi connectivity index (χ4v) is 3.95. The lowest BCUT2D eigenvalue weighted by molar-refractivity contribution is -0.125. The highest BCUT2D eigenvalue weighted by Gasteiger charge is 2.24. The quantitative estimate of drug-likeness (QED) is 0.511. The smallest absolute Gasteiger partial charge is 0.258 e. The molecule has 1 aliphatic carbocycles. The zero-order chi connectivity index (χ0) is 23.8. The fraction of sp³-hybridized carbons (Fsp3) is 0.375. The first-order valence-corrected chi connectivity index (χ1v) is 11.5. The molecule has 0 spiro atoms. The molecule has 7 nitrogen and oxygen atoms in total. The molecule has 1 aliphatic rings. The van der Waals surface area contributed by atoms with Crippen LogP contribution in [0.15, 0.2) is 42.5 Å². The second-order valence-corrected chi connectivity index (χ2v) is 8.78. The van der Waals surface area contributed by atoms with Crippen LogP contribution in [0.4, 0.5) is 0 Å². The summed E-state index contributed by atoms with van der Waals surface area (Å²) in [5.74, 6) is 0.275. The van der Waals surface area contributed by atoms with Gasteiger partial charge in [0.15, 0.2) is 19.0 Å². The topological polar surface area (TPSA) is 93.7 Å². The molecule has 0 aromatic heterocycles. The predicted molar refractivity (Wildman–Crippen MR) is 126 cm³/mol. The van der Waals surface area contributed by atoms with E-state index in [-0.39, 0.29) is 42.9 Å². The molecule has 0 unspecified atom stereocenters. The maximum atomic E-state index is 12.3. The molecular formula is C24H26Cl2N2O5. The number of ether oxygens (including phenoxy) is 2. The lowest BCUT2D eigenvalue weighted by atomic mass is 9.91. The Morgan fingerprint density at radius 3 is 1.88 bits per heavy atom. The first kappa shape index (κ1) is 24.9. The Bertz CT molecular complexity index is 989. The van der Waals surface area contributed by atoms with Gasteiger partial charge in [0.25, 0.3) is 11.8 Å². The summed E-state index contributed by atoms with van der Waals surface area (Å²) in [4.78, 5) is 36.2. The van der Waals surface area contributed by atoms with Crippen LogP contribution < -0.4 is 20.1 Å². The summed E-state index contributed by atoms with van der Waals surface area (Å²) in [7, 11) is 0. The van der Waals surface area contributed by atoms with Gasteiger partial charge in [-0.1, -0.05) is 23.2 Å². The van der Waals surface area contributed by atoms with Crippen molar-refractivity contribution in [1.29, 1.82) is 0 Å². The molecule has 0 saturated heterocycles. The van der Waals surface area contributed by atoms with E-state index in [4.69, 9.17) is 32.7 Å². The fourth-order valence-electron chi connectivity index (χ4n) is 3.65. The lowest BCUT2D eigenvalue weighted by Gasteiger charge is -2.29. The van der Waals surface area contributed by atoms with Crippen molar-refractivity contribution in [2.45, 2.75) is 44.7 Å². The number of carbonyl (C=O) groups is 3. The number of carbonyl (C=O) groups excluding carboxylic acids is 3. The van der Waals surface area contributed by atoms with Crippen LogP contribution in [-0.2, 0) is 9.59 Å². The molecule has 0 radical (unpaired) electrons. The highest BCUT2D eigenvalue weighted by atomic mass is 35.5. The number of amides is 2. The summed E-state index contributed by atoms with van der Waals surface area (Å²) in [5.41, 5.74) is 0.339. The third-order valence-corrected chi connectivity index (χ3v) is 5.81. The molecule has 2 aromatic rings. The Morgan fingerprint density at radius 2 is 1.33 bits per heavy atom. The van der Waals surface area contributed by atoms with E-state index in [0.29, 0.717) is 27.1 Å². The van der Waals surface area contributed by atoms with Gasteiger partial charge in [-0.2, -0.15) is 0 Å². The van der Waals surface area contributed by atoms with E-state index in [1.807, 2.05) is 0 Å². The number of hydrogen-bond donors (Lipinski definition) is 2. The summed E-state index contributed by atoms with van der Waals surface area (Å²) in [6.07, 6.45) is 3.00. The second-order valence-electron chi connectivity index (χ2n) is 7.91. The minimum Gasteiger partial charge on any atom is -0.484 e. The molecule has 2 aromatic carbocycles. The van der Waals surface area contributed by atoms with Crippen molar-refractivity contribution >= 4 is 40.8 Å². The normalized spacial score (nSPS) is 17.7. The monoisotopic (exact) mass is 492 g/mol. The number of nitrogens with one attached hydrogen (secondary N) is 2. The van der Waals surface area contributed by atoms with E-state index in [9.17, 15) is 14.4 Å². The Morgan fingerprint density at radius 1 is 0.818 bits per heavy atom. The molecule has 0 atom stereocenters. The molecule has 2 amide bonds. The van der Waals surface area contributed by atoms with E-state index in [1.54, 1.807) is 36.4 Å². The van der Waals surface area contributed by atoms with E-state index >= 15 is 0 Å². The van der Waals surface area contributed by atoms with Gasteiger partial charge in [-0.3, -0.25) is 14.4 Å². The van der Waals surface area contributed by atoms with Gasteiger partial charge in [0.05, 0.1) is 5.56 Å². The number of ketones is 1. The number of Topliss-reactive ketones (excluding diaryl/α,β-unsaturated/α-hetero) is 1. The summed E-state index contributed by atoms with van der Waals surface area (Å²) in [6.45, 7) is 1.16. The largest absolute Gasteiger partial charge is 0.484 e. The predicted octanol–water partition coefficient (Wildman–Crippen LogP) is 4.20. The average molecular weight is 493 g/mol. The molecule has 1 fully saturated rings. The van der Waals surface area contributed by atoms with E-state index < -0.39 is 0 Å². The van der Waals surface area contributed by atoms with Crippen LogP contribution in [0.5, 0.6) is 11.5 Å². The number of hydrogen-bond acceptors (Lipinski definition) is 5. The maximum Gasteiger partial charge on any atom is 0.258 e. The molecule has 2 N–H and O–H groups in total. The second kappa shape index (κ2) is 11.9. The molecular weight excluding hydrogens is 467 g/mol. The van der Waals surface area contributed by atoms with Crippen LogP contribution in [0.1, 0.15) is 43.0 Å². The van der Waals surface area contributed by atoms with Crippen LogP contribution in [-0.4, -0.2) is 42.9 Å². The van der Waals surface area contributed by atoms with Crippen LogP contribution in [0, 0.1) is 0 Å². The van der Waals surface area contributed by atoms with Crippen molar-refractivity contribution in [3.63, 3.8) is 0 Å². The molecule has 0 aliphatic heterocycles. The highest BCUT2D eigenvalue weighted by molar-refractivity contribution is 6.31. The van der Waals surface area contributed by atoms with Crippen molar-refractivity contribution in [3.8, 4) is 11.5 Å². The van der Waals surface area contributed by atoms with Gasteiger partial charge in [-0.05, 0) is 75.1 Å². The molecule has 1 saturated carbocycles. The first-order chi connectivity index (χ1) is 15.8. The lowest BCUT2D eigenvalue weighted by Crippen LogP contribution is -2.45. The first-order valence-electron chi connectivity index (χ1n) is 10.7. The SMILES string of the molecule is CC(=O)c1cc(Cl)ccc1OCC(=O)N[C@H]1CC[C@H](NC(=O)COc2ccc(Cl)cc2)CC1. The minimum absolute atomic E-state index is 0.0112. The van der Waals surface area contributed by atoms with Gasteiger partial charge in [0.1, 0.15) is 11.5 Å². The summed E-state index contributed by atoms with van der Waals surface area (Å²) >= 11 is 11.8. The Labute approximate surface area is 202 Å². The standard InChI is InChI=1S/C24H26Cl2N2O5/c1-15(29)21-12-17(26)4-11-22(21)33-14-24(31)28-19-7-5-18(6-8-19)27-23(30)13-32-20-9-2-16(25)3-10-20/h2-4,9-12,18-19H,5-8,13-14H2,1H3,(H,27,30)(H,28,31)/t18-,19-. The van der Waals surface area contributed by atoms with Gasteiger partial charge in [-0.25, -0.2) is 0 Å². The number of rotatable bonds is 9. The van der Waals surface area contributed by atoms with Crippen molar-refractivity contribution < 1.29 is 23.9 Å². The third-order valence-electron chi connectivity index (χ3n) is 5.32. The minimum atomic E-state index is -0.261. The Kier molecular flexibility index (Phi) is 8.97. The van der Waals surface area contributed by atoms with Crippen molar-refractivity contribution in [2.24, 2.45) is 0 Å².